The van der Waals surface area contributed by atoms with Gasteiger partial charge in [0.1, 0.15) is 6.10 Å². The molecule has 1 unspecified atom stereocenters. The van der Waals surface area contributed by atoms with E-state index in [0.29, 0.717) is 6.61 Å². The summed E-state index contributed by atoms with van der Waals surface area (Å²) >= 11 is 0. The molecule has 0 N–H and O–H groups in total. The molecule has 0 amide bonds. The third kappa shape index (κ3) is 7.21. The topological polar surface area (TPSA) is 35.5 Å². The maximum absolute atomic E-state index is 12.0. The summed E-state index contributed by atoms with van der Waals surface area (Å²) in [6.45, 7) is 6.30. The Morgan fingerprint density at radius 1 is 0.828 bits per heavy atom. The van der Waals surface area contributed by atoms with Crippen LogP contribution in [0.25, 0.3) is 0 Å². The van der Waals surface area contributed by atoms with Crippen LogP contribution in [0.1, 0.15) is 65.7 Å². The van der Waals surface area contributed by atoms with E-state index in [1.807, 2.05) is 43.3 Å². The van der Waals surface area contributed by atoms with Crippen molar-refractivity contribution in [1.29, 1.82) is 0 Å². The van der Waals surface area contributed by atoms with E-state index in [4.69, 9.17) is 8.85 Å². The highest BCUT2D eigenvalue weighted by Crippen LogP contribution is 2.15. The van der Waals surface area contributed by atoms with Crippen molar-refractivity contribution in [1.82, 2.24) is 0 Å². The minimum Gasteiger partial charge on any atom is -0.388 e. The molecule has 0 bridgehead atoms. The van der Waals surface area contributed by atoms with Crippen LogP contribution in [0.15, 0.2) is 60.7 Å². The third-order valence-corrected chi connectivity index (χ3v) is 8.76. The highest BCUT2D eigenvalue weighted by Gasteiger charge is 2.44. The van der Waals surface area contributed by atoms with Gasteiger partial charge >= 0.3 is 8.56 Å². The normalized spacial score (nSPS) is 12.7. The molecule has 0 aromatic heterocycles. The zero-order chi connectivity index (χ0) is 21.0. The Balaban J connectivity index is 2.18. The van der Waals surface area contributed by atoms with E-state index < -0.39 is 14.7 Å². The molecule has 0 fully saturated rings. The first-order valence-corrected chi connectivity index (χ1v) is 12.8. The van der Waals surface area contributed by atoms with Gasteiger partial charge in [0.2, 0.25) is 0 Å². The second-order valence-electron chi connectivity index (χ2n) is 7.69. The monoisotopic (exact) mass is 412 g/mol. The largest absolute Gasteiger partial charge is 0.407 e. The van der Waals surface area contributed by atoms with Gasteiger partial charge in [-0.05, 0) is 30.6 Å². The van der Waals surface area contributed by atoms with Crippen LogP contribution >= 0.6 is 0 Å². The lowest BCUT2D eigenvalue weighted by Gasteiger charge is -2.33. The number of benzene rings is 2. The fraction of sp³-hybridized carbons (Fsp3) is 0.480. The second-order valence-corrected chi connectivity index (χ2v) is 10.6. The molecule has 3 nitrogen and oxygen atoms in total. The lowest BCUT2D eigenvalue weighted by molar-refractivity contribution is -0.123. The van der Waals surface area contributed by atoms with Crippen molar-refractivity contribution in [2.75, 3.05) is 6.61 Å². The van der Waals surface area contributed by atoms with Gasteiger partial charge in [-0.1, -0.05) is 106 Å². The van der Waals surface area contributed by atoms with Gasteiger partial charge in [-0.15, -0.1) is 0 Å². The number of hydrogen-bond donors (Lipinski definition) is 0. The number of carbonyl (C=O) groups is 1. The van der Waals surface area contributed by atoms with E-state index in [1.165, 1.54) is 38.5 Å². The molecule has 29 heavy (non-hydrogen) atoms. The standard InChI is InChI=1S/C25H36O3Si/c1-4-5-6-7-8-9-16-21-27-29(28-23(3)22(2)26,24-17-12-10-13-18-24)25-19-14-11-15-20-25/h10-15,17-20,23H,4-9,16,21H2,1-3H3. The van der Waals surface area contributed by atoms with Gasteiger partial charge in [0.05, 0.1) is 0 Å². The molecule has 0 aliphatic heterocycles. The Hall–Kier alpha value is -1.75. The average molecular weight is 413 g/mol. The molecule has 2 rings (SSSR count). The molecular weight excluding hydrogens is 376 g/mol. The molecule has 0 aliphatic rings. The summed E-state index contributed by atoms with van der Waals surface area (Å²) in [5, 5.41) is 2.09. The van der Waals surface area contributed by atoms with Gasteiger partial charge < -0.3 is 8.85 Å². The van der Waals surface area contributed by atoms with Gasteiger partial charge in [-0.25, -0.2) is 0 Å². The summed E-state index contributed by atoms with van der Waals surface area (Å²) < 4.78 is 13.1. The van der Waals surface area contributed by atoms with Crippen molar-refractivity contribution >= 4 is 24.7 Å². The number of ketones is 1. The Morgan fingerprint density at radius 3 is 1.79 bits per heavy atom. The summed E-state index contributed by atoms with van der Waals surface area (Å²) in [6.07, 6.45) is 8.14. The zero-order valence-corrected chi connectivity index (χ0v) is 19.2. The highest BCUT2D eigenvalue weighted by atomic mass is 28.4. The van der Waals surface area contributed by atoms with E-state index in [2.05, 4.69) is 31.2 Å². The number of Topliss-reactive ketones (excluding diaryl/α,β-unsaturated/α-hetero) is 1. The summed E-state index contributed by atoms with van der Waals surface area (Å²) in [4.78, 5) is 12.0. The molecule has 2 aromatic rings. The van der Waals surface area contributed by atoms with E-state index in [9.17, 15) is 4.79 Å². The van der Waals surface area contributed by atoms with E-state index in [1.54, 1.807) is 6.92 Å². The maximum atomic E-state index is 12.0. The summed E-state index contributed by atoms with van der Waals surface area (Å²) in [5.74, 6) is 0.0215. The zero-order valence-electron chi connectivity index (χ0n) is 18.2. The van der Waals surface area contributed by atoms with Crippen LogP contribution in [-0.2, 0) is 13.6 Å². The first kappa shape index (κ1) is 23.5. The number of hydrogen-bond acceptors (Lipinski definition) is 3. The minimum absolute atomic E-state index is 0.0215. The van der Waals surface area contributed by atoms with Crippen LogP contribution in [0, 0.1) is 0 Å². The quantitative estimate of drug-likeness (QED) is 0.323. The molecule has 2 aromatic carbocycles. The van der Waals surface area contributed by atoms with Crippen LogP contribution in [0.2, 0.25) is 0 Å². The van der Waals surface area contributed by atoms with Crippen LogP contribution in [0.4, 0.5) is 0 Å². The molecule has 0 saturated carbocycles. The fourth-order valence-corrected chi connectivity index (χ4v) is 6.79. The number of carbonyl (C=O) groups excluding carboxylic acids is 1. The van der Waals surface area contributed by atoms with Gasteiger partial charge in [-0.3, -0.25) is 4.79 Å². The predicted octanol–water partition coefficient (Wildman–Crippen LogP) is 5.00. The van der Waals surface area contributed by atoms with E-state index >= 15 is 0 Å². The van der Waals surface area contributed by atoms with Crippen molar-refractivity contribution in [3.63, 3.8) is 0 Å². The third-order valence-electron chi connectivity index (χ3n) is 5.28. The van der Waals surface area contributed by atoms with Crippen molar-refractivity contribution < 1.29 is 13.6 Å². The van der Waals surface area contributed by atoms with Crippen molar-refractivity contribution in [2.45, 2.75) is 71.8 Å². The Morgan fingerprint density at radius 2 is 1.31 bits per heavy atom. The summed E-state index contributed by atoms with van der Waals surface area (Å²) in [7, 11) is -2.98. The molecule has 0 heterocycles. The van der Waals surface area contributed by atoms with Crippen molar-refractivity contribution in [3.05, 3.63) is 60.7 Å². The van der Waals surface area contributed by atoms with Gasteiger partial charge in [0.25, 0.3) is 0 Å². The van der Waals surface area contributed by atoms with Crippen LogP contribution in [0.5, 0.6) is 0 Å². The lowest BCUT2D eigenvalue weighted by atomic mass is 10.1. The Kier molecular flexibility index (Phi) is 10.3. The Labute approximate surface area is 177 Å². The first-order chi connectivity index (χ1) is 14.1. The molecule has 0 spiro atoms. The predicted molar refractivity (Wildman–Crippen MR) is 123 cm³/mol. The fourth-order valence-electron chi connectivity index (χ4n) is 3.43. The molecule has 158 valence electrons. The van der Waals surface area contributed by atoms with Crippen LogP contribution in [0.3, 0.4) is 0 Å². The average Bonchev–Trinajstić information content (AvgIpc) is 2.75. The smallest absolute Gasteiger partial charge is 0.388 e. The number of unbranched alkanes of at least 4 members (excludes halogenated alkanes) is 6. The molecule has 1 atom stereocenters. The van der Waals surface area contributed by atoms with Crippen LogP contribution < -0.4 is 10.4 Å². The molecule has 0 saturated heterocycles. The van der Waals surface area contributed by atoms with Gasteiger partial charge in [0, 0.05) is 6.61 Å². The summed E-state index contributed by atoms with van der Waals surface area (Å²) in [5.41, 5.74) is 0. The maximum Gasteiger partial charge on any atom is 0.407 e. The summed E-state index contributed by atoms with van der Waals surface area (Å²) in [6, 6.07) is 20.3. The second kappa shape index (κ2) is 12.7. The van der Waals surface area contributed by atoms with Crippen molar-refractivity contribution in [3.8, 4) is 0 Å². The molecule has 0 aliphatic carbocycles. The lowest BCUT2D eigenvalue weighted by Crippen LogP contribution is -2.65. The van der Waals surface area contributed by atoms with Gasteiger partial charge in [0.15, 0.2) is 5.78 Å². The van der Waals surface area contributed by atoms with Crippen molar-refractivity contribution in [2.24, 2.45) is 0 Å². The van der Waals surface area contributed by atoms with E-state index in [0.717, 1.165) is 16.8 Å². The van der Waals surface area contributed by atoms with E-state index in [-0.39, 0.29) is 5.78 Å². The van der Waals surface area contributed by atoms with Gasteiger partial charge in [-0.2, -0.15) is 0 Å². The highest BCUT2D eigenvalue weighted by molar-refractivity contribution is 6.92. The SMILES string of the molecule is CCCCCCCCCO[Si](OC(C)C(C)=O)(c1ccccc1)c1ccccc1. The first-order valence-electron chi connectivity index (χ1n) is 11.0. The minimum atomic E-state index is -2.98. The Bertz CT molecular complexity index is 663. The van der Waals surface area contributed by atoms with Crippen LogP contribution in [-0.4, -0.2) is 27.1 Å². The molecule has 0 radical (unpaired) electrons. The number of rotatable bonds is 14. The molecular formula is C25H36O3Si. The molecule has 4 heteroatoms.